The Labute approximate surface area is 144 Å². The smallest absolute Gasteiger partial charge is 0.244 e. The number of hydrogen-bond donors (Lipinski definition) is 1. The molecular weight excluding hydrogens is 356 g/mol. The zero-order valence-corrected chi connectivity index (χ0v) is 15.0. The lowest BCUT2D eigenvalue weighted by molar-refractivity contribution is -0.120. The van der Waals surface area contributed by atoms with Crippen LogP contribution in [-0.2, 0) is 11.2 Å². The molecule has 0 aliphatic heterocycles. The molecule has 0 atom stereocenters. The molecule has 0 radical (unpaired) electrons. The maximum absolute atomic E-state index is 11.9. The second-order valence-corrected chi connectivity index (χ2v) is 6.14. The molecule has 0 heterocycles. The van der Waals surface area contributed by atoms with Crippen LogP contribution in [0.5, 0.6) is 5.75 Å². The van der Waals surface area contributed by atoms with Crippen molar-refractivity contribution < 1.29 is 9.53 Å². The number of nitrogens with zero attached hydrogens (tertiary/aromatic N) is 1. The van der Waals surface area contributed by atoms with Gasteiger partial charge in [-0.3, -0.25) is 4.79 Å². The van der Waals surface area contributed by atoms with Crippen LogP contribution in [0.2, 0.25) is 0 Å². The third-order valence-corrected chi connectivity index (χ3v) is 4.13. The molecule has 0 saturated carbocycles. The highest BCUT2D eigenvalue weighted by Crippen LogP contribution is 2.24. The summed E-state index contributed by atoms with van der Waals surface area (Å²) in [6, 6.07) is 11.6. The predicted molar refractivity (Wildman–Crippen MR) is 96.1 cm³/mol. The van der Waals surface area contributed by atoms with Crippen molar-refractivity contribution in [2.45, 2.75) is 20.3 Å². The second kappa shape index (κ2) is 7.92. The van der Waals surface area contributed by atoms with Crippen LogP contribution in [0.25, 0.3) is 0 Å². The van der Waals surface area contributed by atoms with E-state index in [9.17, 15) is 4.79 Å². The van der Waals surface area contributed by atoms with Gasteiger partial charge in [-0.1, -0.05) is 18.2 Å². The van der Waals surface area contributed by atoms with Gasteiger partial charge in [0, 0.05) is 0 Å². The maximum atomic E-state index is 11.9. The number of hydrogen-bond acceptors (Lipinski definition) is 3. The monoisotopic (exact) mass is 374 g/mol. The first-order valence-electron chi connectivity index (χ1n) is 7.21. The molecule has 1 amide bonds. The third-order valence-electron chi connectivity index (χ3n) is 3.51. The molecule has 0 aliphatic carbocycles. The average Bonchev–Trinajstić information content (AvgIpc) is 2.51. The SMILES string of the molecule is COc1ccc(/C=N\NC(=O)Cc2ccc(C)c(C)c2)cc1Br. The fourth-order valence-corrected chi connectivity index (χ4v) is 2.64. The van der Waals surface area contributed by atoms with Crippen molar-refractivity contribution in [2.75, 3.05) is 7.11 Å². The first-order chi connectivity index (χ1) is 11.0. The summed E-state index contributed by atoms with van der Waals surface area (Å²) in [6.07, 6.45) is 1.91. The standard InChI is InChI=1S/C18H19BrN2O2/c1-12-4-5-14(8-13(12)2)10-18(22)21-20-11-15-6-7-17(23-3)16(19)9-15/h4-9,11H,10H2,1-3H3,(H,21,22)/b20-11-. The van der Waals surface area contributed by atoms with Crippen molar-refractivity contribution in [1.29, 1.82) is 0 Å². The molecule has 120 valence electrons. The van der Waals surface area contributed by atoms with E-state index < -0.39 is 0 Å². The molecule has 1 N–H and O–H groups in total. The van der Waals surface area contributed by atoms with Gasteiger partial charge in [0.2, 0.25) is 5.91 Å². The zero-order valence-electron chi connectivity index (χ0n) is 13.4. The van der Waals surface area contributed by atoms with Crippen LogP contribution in [0.1, 0.15) is 22.3 Å². The van der Waals surface area contributed by atoms with Crippen LogP contribution in [-0.4, -0.2) is 19.2 Å². The Balaban J connectivity index is 1.93. The third kappa shape index (κ3) is 4.93. The summed E-state index contributed by atoms with van der Waals surface area (Å²) in [6.45, 7) is 4.09. The minimum atomic E-state index is -0.142. The Bertz CT molecular complexity index is 742. The molecule has 0 saturated heterocycles. The molecular formula is C18H19BrN2O2. The molecule has 0 bridgehead atoms. The fraction of sp³-hybridized carbons (Fsp3) is 0.222. The molecule has 2 aromatic rings. The van der Waals surface area contributed by atoms with Crippen molar-refractivity contribution in [3.8, 4) is 5.75 Å². The highest BCUT2D eigenvalue weighted by atomic mass is 79.9. The number of nitrogens with one attached hydrogen (secondary N) is 1. The molecule has 23 heavy (non-hydrogen) atoms. The maximum Gasteiger partial charge on any atom is 0.244 e. The molecule has 0 aliphatic rings. The van der Waals surface area contributed by atoms with Gasteiger partial charge in [0.25, 0.3) is 0 Å². The van der Waals surface area contributed by atoms with Crippen LogP contribution in [0, 0.1) is 13.8 Å². The topological polar surface area (TPSA) is 50.7 Å². The van der Waals surface area contributed by atoms with Gasteiger partial charge in [-0.2, -0.15) is 5.10 Å². The minimum absolute atomic E-state index is 0.142. The van der Waals surface area contributed by atoms with Gasteiger partial charge in [-0.25, -0.2) is 5.43 Å². The van der Waals surface area contributed by atoms with Crippen LogP contribution >= 0.6 is 15.9 Å². The molecule has 0 spiro atoms. The summed E-state index contributed by atoms with van der Waals surface area (Å²) in [4.78, 5) is 11.9. The van der Waals surface area contributed by atoms with Gasteiger partial charge in [-0.15, -0.1) is 0 Å². The number of ether oxygens (including phenoxy) is 1. The number of amides is 1. The summed E-state index contributed by atoms with van der Waals surface area (Å²) in [5.41, 5.74) is 6.79. The molecule has 0 fully saturated rings. The average molecular weight is 375 g/mol. The molecule has 2 aromatic carbocycles. The lowest BCUT2D eigenvalue weighted by Gasteiger charge is -2.05. The highest BCUT2D eigenvalue weighted by Gasteiger charge is 2.04. The fourth-order valence-electron chi connectivity index (χ4n) is 2.08. The van der Waals surface area contributed by atoms with Crippen molar-refractivity contribution in [3.63, 3.8) is 0 Å². The van der Waals surface area contributed by atoms with Crippen molar-refractivity contribution in [1.82, 2.24) is 5.43 Å². The summed E-state index contributed by atoms with van der Waals surface area (Å²) in [5.74, 6) is 0.609. The van der Waals surface area contributed by atoms with Crippen LogP contribution < -0.4 is 10.2 Å². The van der Waals surface area contributed by atoms with Gasteiger partial charge in [-0.05, 0) is 70.2 Å². The summed E-state index contributed by atoms with van der Waals surface area (Å²) in [7, 11) is 1.61. The Morgan fingerprint density at radius 1 is 1.22 bits per heavy atom. The highest BCUT2D eigenvalue weighted by molar-refractivity contribution is 9.10. The van der Waals surface area contributed by atoms with Crippen molar-refractivity contribution >= 4 is 28.1 Å². The quantitative estimate of drug-likeness (QED) is 0.639. The normalized spacial score (nSPS) is 10.8. The summed E-state index contributed by atoms with van der Waals surface area (Å²) >= 11 is 3.41. The first kappa shape index (κ1) is 17.2. The van der Waals surface area contributed by atoms with Gasteiger partial charge in [0.05, 0.1) is 24.2 Å². The lowest BCUT2D eigenvalue weighted by atomic mass is 10.0. The van der Waals surface area contributed by atoms with E-state index in [0.29, 0.717) is 6.42 Å². The van der Waals surface area contributed by atoms with Gasteiger partial charge in [0.1, 0.15) is 5.75 Å². The van der Waals surface area contributed by atoms with E-state index in [4.69, 9.17) is 4.74 Å². The Morgan fingerprint density at radius 3 is 2.65 bits per heavy atom. The van der Waals surface area contributed by atoms with Crippen LogP contribution in [0.15, 0.2) is 46.0 Å². The number of rotatable bonds is 5. The van der Waals surface area contributed by atoms with E-state index in [0.717, 1.165) is 21.3 Å². The van der Waals surface area contributed by atoms with Gasteiger partial charge >= 0.3 is 0 Å². The second-order valence-electron chi connectivity index (χ2n) is 5.28. The molecule has 5 heteroatoms. The van der Waals surface area contributed by atoms with E-state index in [2.05, 4.69) is 33.4 Å². The number of hydrazone groups is 1. The predicted octanol–water partition coefficient (Wildman–Crippen LogP) is 3.77. The molecule has 2 rings (SSSR count). The van der Waals surface area contributed by atoms with Gasteiger partial charge in [0.15, 0.2) is 0 Å². The number of benzene rings is 2. The van der Waals surface area contributed by atoms with E-state index in [1.807, 2.05) is 43.3 Å². The van der Waals surface area contributed by atoms with Crippen molar-refractivity contribution in [3.05, 3.63) is 63.1 Å². The van der Waals surface area contributed by atoms with Crippen molar-refractivity contribution in [2.24, 2.45) is 5.10 Å². The first-order valence-corrected chi connectivity index (χ1v) is 8.00. The van der Waals surface area contributed by atoms with E-state index in [1.165, 1.54) is 11.1 Å². The number of carbonyl (C=O) groups excluding carboxylic acids is 1. The van der Waals surface area contributed by atoms with Crippen LogP contribution in [0.3, 0.4) is 0 Å². The number of halogens is 1. The Morgan fingerprint density at radius 2 is 2.00 bits per heavy atom. The van der Waals surface area contributed by atoms with E-state index >= 15 is 0 Å². The number of carbonyl (C=O) groups is 1. The number of methoxy groups -OCH3 is 1. The summed E-state index contributed by atoms with van der Waals surface area (Å²) in [5, 5.41) is 3.99. The summed E-state index contributed by atoms with van der Waals surface area (Å²) < 4.78 is 6.00. The molecule has 0 unspecified atom stereocenters. The molecule has 0 aromatic heterocycles. The zero-order chi connectivity index (χ0) is 16.8. The minimum Gasteiger partial charge on any atom is -0.496 e. The number of aryl methyl sites for hydroxylation is 2. The Hall–Kier alpha value is -2.14. The van der Waals surface area contributed by atoms with Gasteiger partial charge < -0.3 is 4.74 Å². The molecule has 4 nitrogen and oxygen atoms in total. The van der Waals surface area contributed by atoms with E-state index in [-0.39, 0.29) is 5.91 Å². The largest absolute Gasteiger partial charge is 0.496 e. The van der Waals surface area contributed by atoms with Crippen LogP contribution in [0.4, 0.5) is 0 Å². The lowest BCUT2D eigenvalue weighted by Crippen LogP contribution is -2.19. The Kier molecular flexibility index (Phi) is 5.93. The van der Waals surface area contributed by atoms with E-state index in [1.54, 1.807) is 13.3 Å².